The Morgan fingerprint density at radius 2 is 1.82 bits per heavy atom. The van der Waals surface area contributed by atoms with Crippen LogP contribution in [0.15, 0.2) is 22.4 Å². The molecule has 0 aromatic heterocycles. The average Bonchev–Trinajstić information content (AvgIpc) is 2.49. The monoisotopic (exact) mass is 380 g/mol. The first-order chi connectivity index (χ1) is 10.3. The van der Waals surface area contributed by atoms with E-state index in [1.165, 1.54) is 6.92 Å². The van der Waals surface area contributed by atoms with Crippen LogP contribution in [-0.4, -0.2) is 25.0 Å². The molecule has 0 aliphatic heterocycles. The summed E-state index contributed by atoms with van der Waals surface area (Å²) in [4.78, 5) is 23.9. The summed E-state index contributed by atoms with van der Waals surface area (Å²) in [6, 6.07) is 0.372. The minimum absolute atomic E-state index is 0.0282. The highest BCUT2D eigenvalue weighted by molar-refractivity contribution is 9.10. The smallest absolute Gasteiger partial charge is 0.345 e. The molecule has 120 valence electrons. The molecule has 0 spiro atoms. The van der Waals surface area contributed by atoms with Crippen LogP contribution in [0.25, 0.3) is 0 Å². The first-order valence-corrected chi connectivity index (χ1v) is 7.00. The van der Waals surface area contributed by atoms with Gasteiger partial charge in [-0.3, -0.25) is 4.79 Å². The van der Waals surface area contributed by atoms with Crippen molar-refractivity contribution >= 4 is 27.7 Å². The zero-order valence-corrected chi connectivity index (χ0v) is 13.3. The van der Waals surface area contributed by atoms with Gasteiger partial charge in [0.15, 0.2) is 17.5 Å². The first-order valence-electron chi connectivity index (χ1n) is 6.21. The minimum atomic E-state index is -1.47. The molecule has 0 amide bonds. The van der Waals surface area contributed by atoms with Gasteiger partial charge < -0.3 is 9.47 Å². The van der Waals surface area contributed by atoms with Gasteiger partial charge in [-0.25, -0.2) is 18.0 Å². The fourth-order valence-electron chi connectivity index (χ4n) is 1.45. The summed E-state index contributed by atoms with van der Waals surface area (Å²) in [5.74, 6) is -6.46. The lowest BCUT2D eigenvalue weighted by molar-refractivity contribution is -0.138. The van der Waals surface area contributed by atoms with E-state index in [0.29, 0.717) is 6.07 Å². The van der Waals surface area contributed by atoms with E-state index in [0.717, 1.165) is 6.26 Å². The second-order valence-electron chi connectivity index (χ2n) is 3.88. The Hall–Kier alpha value is -1.83. The molecule has 1 aromatic rings. The van der Waals surface area contributed by atoms with Gasteiger partial charge in [0.05, 0.1) is 23.2 Å². The second kappa shape index (κ2) is 7.98. The summed E-state index contributed by atoms with van der Waals surface area (Å²) in [5, 5.41) is 0. The SMILES string of the molecule is CCOC=C(C(=O)OCC)C(=O)c1cc(F)c(F)c(Br)c1F. The van der Waals surface area contributed by atoms with Gasteiger partial charge in [0, 0.05) is 0 Å². The van der Waals surface area contributed by atoms with Gasteiger partial charge in [0.25, 0.3) is 0 Å². The van der Waals surface area contributed by atoms with Crippen molar-refractivity contribution in [1.29, 1.82) is 0 Å². The maximum Gasteiger partial charge on any atom is 0.345 e. The Morgan fingerprint density at radius 1 is 1.18 bits per heavy atom. The number of ketones is 1. The van der Waals surface area contributed by atoms with Gasteiger partial charge in [0.1, 0.15) is 11.8 Å². The molecule has 0 atom stereocenters. The van der Waals surface area contributed by atoms with Crippen LogP contribution in [0.3, 0.4) is 0 Å². The average molecular weight is 381 g/mol. The molecule has 0 N–H and O–H groups in total. The molecule has 0 saturated carbocycles. The molecule has 0 heterocycles. The van der Waals surface area contributed by atoms with E-state index in [1.54, 1.807) is 6.92 Å². The van der Waals surface area contributed by atoms with Crippen LogP contribution in [0.4, 0.5) is 13.2 Å². The third kappa shape index (κ3) is 3.88. The lowest BCUT2D eigenvalue weighted by Crippen LogP contribution is -2.18. The number of ether oxygens (including phenoxy) is 2. The summed E-state index contributed by atoms with van der Waals surface area (Å²) in [7, 11) is 0. The predicted molar refractivity (Wildman–Crippen MR) is 74.7 cm³/mol. The molecular weight excluding hydrogens is 369 g/mol. The molecule has 0 fully saturated rings. The molecule has 0 bridgehead atoms. The van der Waals surface area contributed by atoms with Crippen LogP contribution in [0, 0.1) is 17.5 Å². The Balaban J connectivity index is 3.34. The quantitative estimate of drug-likeness (QED) is 0.111. The van der Waals surface area contributed by atoms with Gasteiger partial charge in [-0.05, 0) is 35.8 Å². The molecule has 8 heteroatoms. The van der Waals surface area contributed by atoms with Crippen LogP contribution in [0.1, 0.15) is 24.2 Å². The van der Waals surface area contributed by atoms with E-state index in [4.69, 9.17) is 4.74 Å². The van der Waals surface area contributed by atoms with Crippen LogP contribution in [-0.2, 0) is 14.3 Å². The van der Waals surface area contributed by atoms with Crippen LogP contribution < -0.4 is 0 Å². The lowest BCUT2D eigenvalue weighted by atomic mass is 10.0. The number of carbonyl (C=O) groups excluding carboxylic acids is 2. The highest BCUT2D eigenvalue weighted by Crippen LogP contribution is 2.27. The molecule has 1 aromatic carbocycles. The minimum Gasteiger partial charge on any atom is -0.500 e. The highest BCUT2D eigenvalue weighted by Gasteiger charge is 2.28. The fourth-order valence-corrected chi connectivity index (χ4v) is 1.86. The molecule has 0 saturated heterocycles. The molecule has 0 unspecified atom stereocenters. The zero-order chi connectivity index (χ0) is 16.9. The van der Waals surface area contributed by atoms with Gasteiger partial charge in [-0.1, -0.05) is 0 Å². The van der Waals surface area contributed by atoms with Crippen LogP contribution >= 0.6 is 15.9 Å². The number of hydrogen-bond acceptors (Lipinski definition) is 4. The zero-order valence-electron chi connectivity index (χ0n) is 11.7. The maximum atomic E-state index is 13.9. The standard InChI is InChI=1S/C14H12BrF3O4/c1-3-21-6-8(14(20)22-4-2)13(19)7-5-9(16)12(18)10(15)11(7)17/h5-6H,3-4H2,1-2H3. The third-order valence-electron chi connectivity index (χ3n) is 2.46. The number of rotatable bonds is 6. The van der Waals surface area contributed by atoms with E-state index >= 15 is 0 Å². The molecule has 22 heavy (non-hydrogen) atoms. The van der Waals surface area contributed by atoms with Crippen LogP contribution in [0.2, 0.25) is 0 Å². The van der Waals surface area contributed by atoms with Gasteiger partial charge in [-0.15, -0.1) is 0 Å². The summed E-state index contributed by atoms with van der Waals surface area (Å²) in [5.41, 5.74) is -1.44. The fraction of sp³-hybridized carbons (Fsp3) is 0.286. The van der Waals surface area contributed by atoms with E-state index in [1.807, 2.05) is 0 Å². The Bertz CT molecular complexity index is 629. The van der Waals surface area contributed by atoms with Crippen molar-refractivity contribution in [2.45, 2.75) is 13.8 Å². The van der Waals surface area contributed by atoms with E-state index in [9.17, 15) is 22.8 Å². The van der Waals surface area contributed by atoms with Crippen molar-refractivity contribution in [2.24, 2.45) is 0 Å². The topological polar surface area (TPSA) is 52.6 Å². The van der Waals surface area contributed by atoms with E-state index in [2.05, 4.69) is 20.7 Å². The van der Waals surface area contributed by atoms with E-state index in [-0.39, 0.29) is 13.2 Å². The number of benzene rings is 1. The molecule has 0 aliphatic carbocycles. The first kappa shape index (κ1) is 18.2. The molecule has 1 rings (SSSR count). The highest BCUT2D eigenvalue weighted by atomic mass is 79.9. The summed E-state index contributed by atoms with van der Waals surface area (Å²) in [6.45, 7) is 3.22. The van der Waals surface area contributed by atoms with Gasteiger partial charge in [0.2, 0.25) is 5.78 Å². The molecule has 4 nitrogen and oxygen atoms in total. The third-order valence-corrected chi connectivity index (χ3v) is 3.15. The predicted octanol–water partition coefficient (Wildman–Crippen LogP) is 3.53. The number of hydrogen-bond donors (Lipinski definition) is 0. The Kier molecular flexibility index (Phi) is 6.61. The number of esters is 1. The molecule has 0 radical (unpaired) electrons. The van der Waals surface area contributed by atoms with Crippen molar-refractivity contribution in [3.63, 3.8) is 0 Å². The van der Waals surface area contributed by atoms with Crippen molar-refractivity contribution in [3.05, 3.63) is 45.4 Å². The Labute approximate surface area is 133 Å². The van der Waals surface area contributed by atoms with Crippen molar-refractivity contribution in [2.75, 3.05) is 13.2 Å². The largest absolute Gasteiger partial charge is 0.500 e. The normalized spacial score (nSPS) is 11.3. The molecule has 0 aliphatic rings. The second-order valence-corrected chi connectivity index (χ2v) is 4.68. The maximum absolute atomic E-state index is 13.9. The van der Waals surface area contributed by atoms with Crippen molar-refractivity contribution in [1.82, 2.24) is 0 Å². The lowest BCUT2D eigenvalue weighted by Gasteiger charge is -2.09. The number of Topliss-reactive ketones (excluding diaryl/α,β-unsaturated/α-hetero) is 1. The van der Waals surface area contributed by atoms with Crippen LogP contribution in [0.5, 0.6) is 0 Å². The number of halogens is 4. The van der Waals surface area contributed by atoms with Gasteiger partial charge in [-0.2, -0.15) is 0 Å². The van der Waals surface area contributed by atoms with Crippen molar-refractivity contribution in [3.8, 4) is 0 Å². The van der Waals surface area contributed by atoms with Crippen molar-refractivity contribution < 1.29 is 32.2 Å². The number of carbonyl (C=O) groups is 2. The molecular formula is C14H12BrF3O4. The Morgan fingerprint density at radius 3 is 2.36 bits per heavy atom. The summed E-state index contributed by atoms with van der Waals surface area (Å²) in [6.07, 6.45) is 0.801. The van der Waals surface area contributed by atoms with E-state index < -0.39 is 44.8 Å². The van der Waals surface area contributed by atoms with Gasteiger partial charge >= 0.3 is 5.97 Å². The summed E-state index contributed by atoms with van der Waals surface area (Å²) < 4.78 is 49.2. The summed E-state index contributed by atoms with van der Waals surface area (Å²) >= 11 is 2.51.